The van der Waals surface area contributed by atoms with Crippen molar-refractivity contribution in [3.63, 3.8) is 0 Å². The molecule has 0 bridgehead atoms. The third-order valence-corrected chi connectivity index (χ3v) is 3.34. The molecule has 0 fully saturated rings. The van der Waals surface area contributed by atoms with Crippen LogP contribution in [0, 0.1) is 0 Å². The highest BCUT2D eigenvalue weighted by Gasteiger charge is 2.14. The zero-order valence-electron chi connectivity index (χ0n) is 8.27. The molecule has 1 heterocycles. The maximum atomic E-state index is 5.90. The zero-order valence-corrected chi connectivity index (χ0v) is 9.08. The fourth-order valence-corrected chi connectivity index (χ4v) is 1.99. The van der Waals surface area contributed by atoms with Crippen LogP contribution in [-0.4, -0.2) is 26.1 Å². The largest absolute Gasteiger partial charge is 0.327 e. The molecule has 1 aromatic heterocycles. The highest BCUT2D eigenvalue weighted by molar-refractivity contribution is 7.99. The molecule has 2 atom stereocenters. The summed E-state index contributed by atoms with van der Waals surface area (Å²) in [4.78, 5) is 4.13. The zero-order chi connectivity index (χ0) is 9.84. The Kier molecular flexibility index (Phi) is 3.74. The maximum Gasteiger partial charge on any atom is 0.186 e. The van der Waals surface area contributed by atoms with E-state index in [9.17, 15) is 0 Å². The quantitative estimate of drug-likeness (QED) is 0.738. The van der Waals surface area contributed by atoms with Crippen LogP contribution in [0.5, 0.6) is 0 Å². The van der Waals surface area contributed by atoms with Crippen molar-refractivity contribution in [3.05, 3.63) is 6.33 Å². The third-order valence-electron chi connectivity index (χ3n) is 2.04. The number of hydrogen-bond acceptors (Lipinski definition) is 4. The van der Waals surface area contributed by atoms with Gasteiger partial charge in [0.05, 0.1) is 0 Å². The van der Waals surface area contributed by atoms with E-state index in [-0.39, 0.29) is 6.04 Å². The minimum Gasteiger partial charge on any atom is -0.327 e. The van der Waals surface area contributed by atoms with Gasteiger partial charge in [-0.1, -0.05) is 25.6 Å². The second-order valence-corrected chi connectivity index (χ2v) is 4.41. The minimum atomic E-state index is 0.224. The first kappa shape index (κ1) is 10.5. The van der Waals surface area contributed by atoms with Crippen molar-refractivity contribution in [1.29, 1.82) is 0 Å². The molecule has 4 nitrogen and oxygen atoms in total. The number of aryl methyl sites for hydroxylation is 1. The van der Waals surface area contributed by atoms with Gasteiger partial charge in [0.25, 0.3) is 0 Å². The average molecular weight is 200 g/mol. The van der Waals surface area contributed by atoms with Gasteiger partial charge in [-0.25, -0.2) is 9.67 Å². The Balaban J connectivity index is 2.54. The van der Waals surface area contributed by atoms with E-state index in [2.05, 4.69) is 23.9 Å². The Labute approximate surface area is 82.9 Å². The van der Waals surface area contributed by atoms with E-state index in [1.165, 1.54) is 0 Å². The minimum absolute atomic E-state index is 0.224. The molecule has 1 aromatic rings. The van der Waals surface area contributed by atoms with Gasteiger partial charge in [0.2, 0.25) is 0 Å². The Morgan fingerprint density at radius 2 is 2.38 bits per heavy atom. The molecule has 0 saturated heterocycles. The summed E-state index contributed by atoms with van der Waals surface area (Å²) in [6, 6.07) is 0.224. The normalized spacial score (nSPS) is 15.7. The maximum absolute atomic E-state index is 5.90. The second kappa shape index (κ2) is 4.62. The summed E-state index contributed by atoms with van der Waals surface area (Å²) in [7, 11) is 1.89. The van der Waals surface area contributed by atoms with Crippen LogP contribution in [0.4, 0.5) is 0 Å². The molecule has 2 N–H and O–H groups in total. The molecular weight excluding hydrogens is 184 g/mol. The fraction of sp³-hybridized carbons (Fsp3) is 0.750. The van der Waals surface area contributed by atoms with Crippen molar-refractivity contribution in [1.82, 2.24) is 14.8 Å². The topological polar surface area (TPSA) is 56.7 Å². The van der Waals surface area contributed by atoms with Crippen LogP contribution in [0.1, 0.15) is 20.3 Å². The van der Waals surface area contributed by atoms with Crippen molar-refractivity contribution >= 4 is 11.8 Å². The summed E-state index contributed by atoms with van der Waals surface area (Å²) in [6.07, 6.45) is 2.55. The van der Waals surface area contributed by atoms with Gasteiger partial charge in [-0.15, -0.1) is 0 Å². The molecule has 0 aromatic carbocycles. The van der Waals surface area contributed by atoms with Crippen LogP contribution >= 0.6 is 11.8 Å². The lowest BCUT2D eigenvalue weighted by Crippen LogP contribution is -2.29. The van der Waals surface area contributed by atoms with E-state index in [0.717, 1.165) is 11.6 Å². The Morgan fingerprint density at radius 1 is 1.69 bits per heavy atom. The van der Waals surface area contributed by atoms with E-state index in [1.54, 1.807) is 22.8 Å². The van der Waals surface area contributed by atoms with Crippen molar-refractivity contribution in [2.75, 3.05) is 0 Å². The van der Waals surface area contributed by atoms with Gasteiger partial charge in [-0.05, 0) is 6.42 Å². The van der Waals surface area contributed by atoms with E-state index in [1.807, 2.05) is 7.05 Å². The molecule has 13 heavy (non-hydrogen) atoms. The van der Waals surface area contributed by atoms with Crippen LogP contribution in [0.2, 0.25) is 0 Å². The van der Waals surface area contributed by atoms with Gasteiger partial charge < -0.3 is 5.73 Å². The molecule has 74 valence electrons. The fourth-order valence-electron chi connectivity index (χ4n) is 0.978. The lowest BCUT2D eigenvalue weighted by atomic mass is 10.2. The molecule has 0 aliphatic heterocycles. The van der Waals surface area contributed by atoms with E-state index >= 15 is 0 Å². The highest BCUT2D eigenvalue weighted by atomic mass is 32.2. The van der Waals surface area contributed by atoms with Crippen LogP contribution in [0.25, 0.3) is 0 Å². The molecule has 0 saturated carbocycles. The number of thioether (sulfide) groups is 1. The summed E-state index contributed by atoms with van der Waals surface area (Å²) in [5, 5.41) is 5.31. The molecule has 0 amide bonds. The lowest BCUT2D eigenvalue weighted by molar-refractivity contribution is 0.633. The van der Waals surface area contributed by atoms with Gasteiger partial charge in [-0.3, -0.25) is 0 Å². The van der Waals surface area contributed by atoms with Crippen LogP contribution in [0.3, 0.4) is 0 Å². The molecule has 2 unspecified atom stereocenters. The summed E-state index contributed by atoms with van der Waals surface area (Å²) in [5.74, 6) is 0. The molecule has 1 rings (SSSR count). The number of rotatable bonds is 4. The number of nitrogens with zero attached hydrogens (tertiary/aromatic N) is 3. The van der Waals surface area contributed by atoms with Crippen molar-refractivity contribution in [2.45, 2.75) is 36.7 Å². The smallest absolute Gasteiger partial charge is 0.186 e. The van der Waals surface area contributed by atoms with Gasteiger partial charge in [0, 0.05) is 18.3 Å². The van der Waals surface area contributed by atoms with Crippen molar-refractivity contribution in [3.8, 4) is 0 Å². The number of aromatic nitrogens is 3. The van der Waals surface area contributed by atoms with Crippen molar-refractivity contribution < 1.29 is 0 Å². The SMILES string of the molecule is CCC(N)C(C)Sc1ncnn1C. The predicted octanol–water partition coefficient (Wildman–Crippen LogP) is 1.03. The number of nitrogens with two attached hydrogens (primary N) is 1. The first-order valence-corrected chi connectivity index (χ1v) is 5.29. The summed E-state index contributed by atoms with van der Waals surface area (Å²) < 4.78 is 1.77. The first-order valence-electron chi connectivity index (χ1n) is 4.41. The summed E-state index contributed by atoms with van der Waals surface area (Å²) in [6.45, 7) is 4.21. The van der Waals surface area contributed by atoms with Gasteiger partial charge in [0.15, 0.2) is 5.16 Å². The number of hydrogen-bond donors (Lipinski definition) is 1. The lowest BCUT2D eigenvalue weighted by Gasteiger charge is -2.16. The highest BCUT2D eigenvalue weighted by Crippen LogP contribution is 2.22. The Morgan fingerprint density at radius 3 is 2.85 bits per heavy atom. The Bertz CT molecular complexity index is 260. The van der Waals surface area contributed by atoms with Crippen LogP contribution in [-0.2, 0) is 7.05 Å². The van der Waals surface area contributed by atoms with Gasteiger partial charge in [-0.2, -0.15) is 5.10 Å². The third kappa shape index (κ3) is 2.70. The Hall–Kier alpha value is -0.550. The van der Waals surface area contributed by atoms with Gasteiger partial charge >= 0.3 is 0 Å². The summed E-state index contributed by atoms with van der Waals surface area (Å²) in [5.41, 5.74) is 5.90. The molecular formula is C8H16N4S. The standard InChI is InChI=1S/C8H16N4S/c1-4-7(9)6(2)13-8-10-5-11-12(8)3/h5-7H,4,9H2,1-3H3. The van der Waals surface area contributed by atoms with Gasteiger partial charge in [0.1, 0.15) is 6.33 Å². The van der Waals surface area contributed by atoms with Crippen molar-refractivity contribution in [2.24, 2.45) is 12.8 Å². The van der Waals surface area contributed by atoms with Crippen LogP contribution < -0.4 is 5.73 Å². The van der Waals surface area contributed by atoms with E-state index in [4.69, 9.17) is 5.73 Å². The molecule has 0 aliphatic rings. The second-order valence-electron chi connectivity index (χ2n) is 3.06. The predicted molar refractivity (Wildman–Crippen MR) is 54.6 cm³/mol. The molecule has 0 spiro atoms. The van der Waals surface area contributed by atoms with E-state index < -0.39 is 0 Å². The molecule has 0 radical (unpaired) electrons. The van der Waals surface area contributed by atoms with E-state index in [0.29, 0.717) is 5.25 Å². The first-order chi connectivity index (χ1) is 6.15. The summed E-state index contributed by atoms with van der Waals surface area (Å²) >= 11 is 1.67. The molecule has 5 heteroatoms. The average Bonchev–Trinajstić information content (AvgIpc) is 2.50. The molecule has 0 aliphatic carbocycles. The monoisotopic (exact) mass is 200 g/mol. The van der Waals surface area contributed by atoms with Crippen LogP contribution in [0.15, 0.2) is 11.5 Å².